The van der Waals surface area contributed by atoms with E-state index in [1.165, 1.54) is 0 Å². The first-order valence-corrected chi connectivity index (χ1v) is 6.89. The van der Waals surface area contributed by atoms with E-state index in [-0.39, 0.29) is 24.0 Å². The summed E-state index contributed by atoms with van der Waals surface area (Å²) in [7, 11) is 0. The van der Waals surface area contributed by atoms with Crippen LogP contribution in [-0.4, -0.2) is 30.6 Å². The molecule has 2 amide bonds. The van der Waals surface area contributed by atoms with Gasteiger partial charge in [0, 0.05) is 23.9 Å². The summed E-state index contributed by atoms with van der Waals surface area (Å²) >= 11 is 0. The van der Waals surface area contributed by atoms with Gasteiger partial charge in [-0.2, -0.15) is 0 Å². The fraction of sp³-hybridized carbons (Fsp3) is 0.467. The topological polar surface area (TPSA) is 67.4 Å². The quantitative estimate of drug-likeness (QED) is 0.883. The van der Waals surface area contributed by atoms with Gasteiger partial charge in [-0.05, 0) is 51.0 Å². The van der Waals surface area contributed by atoms with Gasteiger partial charge >= 0.3 is 0 Å². The summed E-state index contributed by atoms with van der Waals surface area (Å²) in [5.41, 5.74) is 1.25. The predicted octanol–water partition coefficient (Wildman–Crippen LogP) is 1.94. The molecule has 1 unspecified atom stereocenters. The van der Waals surface area contributed by atoms with Crippen molar-refractivity contribution in [2.75, 3.05) is 11.9 Å². The number of carbonyl (C=O) groups is 2. The van der Waals surface area contributed by atoms with Crippen molar-refractivity contribution >= 4 is 17.5 Å². The van der Waals surface area contributed by atoms with Crippen LogP contribution in [0, 0.1) is 0 Å². The van der Waals surface area contributed by atoms with Crippen LogP contribution in [0.25, 0.3) is 0 Å². The summed E-state index contributed by atoms with van der Waals surface area (Å²) in [6.07, 6.45) is 1.34. The van der Waals surface area contributed by atoms with Crippen LogP contribution >= 0.6 is 0 Å². The molecule has 1 saturated heterocycles. The summed E-state index contributed by atoms with van der Waals surface area (Å²) in [5, 5.41) is 5.61. The third-order valence-electron chi connectivity index (χ3n) is 3.06. The first kappa shape index (κ1) is 14.5. The van der Waals surface area contributed by atoms with Crippen molar-refractivity contribution in [2.45, 2.75) is 38.8 Å². The van der Waals surface area contributed by atoms with E-state index in [0.29, 0.717) is 17.9 Å². The zero-order valence-electron chi connectivity index (χ0n) is 11.8. The molecule has 5 heteroatoms. The van der Waals surface area contributed by atoms with Gasteiger partial charge in [0.25, 0.3) is 11.8 Å². The van der Waals surface area contributed by atoms with E-state index in [2.05, 4.69) is 10.6 Å². The highest BCUT2D eigenvalue weighted by molar-refractivity contribution is 5.97. The maximum absolute atomic E-state index is 11.9. The van der Waals surface area contributed by atoms with Crippen molar-refractivity contribution in [1.82, 2.24) is 5.32 Å². The van der Waals surface area contributed by atoms with Gasteiger partial charge in [0.15, 0.2) is 0 Å². The summed E-state index contributed by atoms with van der Waals surface area (Å²) in [6, 6.07) is 6.94. The molecule has 1 atom stereocenters. The van der Waals surface area contributed by atoms with Gasteiger partial charge in [0.2, 0.25) is 0 Å². The third kappa shape index (κ3) is 3.81. The normalized spacial score (nSPS) is 18.1. The van der Waals surface area contributed by atoms with Crippen molar-refractivity contribution in [2.24, 2.45) is 0 Å². The van der Waals surface area contributed by atoms with Crippen LogP contribution in [0.2, 0.25) is 0 Å². The van der Waals surface area contributed by atoms with E-state index in [4.69, 9.17) is 4.74 Å². The monoisotopic (exact) mass is 276 g/mol. The van der Waals surface area contributed by atoms with Crippen LogP contribution in [0.3, 0.4) is 0 Å². The molecule has 1 heterocycles. The molecule has 1 aliphatic rings. The highest BCUT2D eigenvalue weighted by Gasteiger charge is 2.23. The molecule has 0 saturated carbocycles. The van der Waals surface area contributed by atoms with Gasteiger partial charge in [0.1, 0.15) is 6.10 Å². The maximum Gasteiger partial charge on any atom is 0.253 e. The van der Waals surface area contributed by atoms with Gasteiger partial charge in [-0.1, -0.05) is 0 Å². The molecule has 0 aliphatic carbocycles. The molecule has 20 heavy (non-hydrogen) atoms. The Labute approximate surface area is 118 Å². The van der Waals surface area contributed by atoms with Crippen molar-refractivity contribution in [3.63, 3.8) is 0 Å². The molecule has 0 radical (unpaired) electrons. The van der Waals surface area contributed by atoms with Gasteiger partial charge in [-0.15, -0.1) is 0 Å². The molecular weight excluding hydrogens is 256 g/mol. The lowest BCUT2D eigenvalue weighted by Gasteiger charge is -2.11. The molecule has 1 fully saturated rings. The summed E-state index contributed by atoms with van der Waals surface area (Å²) < 4.78 is 5.32. The molecule has 0 aromatic heterocycles. The van der Waals surface area contributed by atoms with Gasteiger partial charge < -0.3 is 15.4 Å². The van der Waals surface area contributed by atoms with Crippen LogP contribution in [0.4, 0.5) is 5.69 Å². The fourth-order valence-electron chi connectivity index (χ4n) is 2.06. The first-order chi connectivity index (χ1) is 9.56. The molecule has 108 valence electrons. The van der Waals surface area contributed by atoms with E-state index < -0.39 is 0 Å². The van der Waals surface area contributed by atoms with Crippen LogP contribution in [0.1, 0.15) is 37.0 Å². The lowest BCUT2D eigenvalue weighted by molar-refractivity contribution is -0.124. The lowest BCUT2D eigenvalue weighted by atomic mass is 10.1. The van der Waals surface area contributed by atoms with E-state index in [0.717, 1.165) is 12.8 Å². The highest BCUT2D eigenvalue weighted by atomic mass is 16.5. The Bertz CT molecular complexity index is 476. The zero-order chi connectivity index (χ0) is 14.5. The Kier molecular flexibility index (Phi) is 4.74. The number of ether oxygens (including phenoxy) is 1. The molecule has 1 aliphatic heterocycles. The van der Waals surface area contributed by atoms with Crippen LogP contribution < -0.4 is 10.6 Å². The Morgan fingerprint density at radius 3 is 2.50 bits per heavy atom. The van der Waals surface area contributed by atoms with Crippen LogP contribution in [0.5, 0.6) is 0 Å². The minimum absolute atomic E-state index is 0.0985. The number of benzene rings is 1. The molecular formula is C15H20N2O3. The summed E-state index contributed by atoms with van der Waals surface area (Å²) in [6.45, 7) is 4.47. The predicted molar refractivity (Wildman–Crippen MR) is 76.6 cm³/mol. The minimum Gasteiger partial charge on any atom is -0.368 e. The van der Waals surface area contributed by atoms with E-state index in [9.17, 15) is 9.59 Å². The molecule has 2 N–H and O–H groups in total. The van der Waals surface area contributed by atoms with E-state index >= 15 is 0 Å². The van der Waals surface area contributed by atoms with Crippen molar-refractivity contribution in [1.29, 1.82) is 0 Å². The second kappa shape index (κ2) is 6.52. The number of carbonyl (C=O) groups excluding carboxylic acids is 2. The first-order valence-electron chi connectivity index (χ1n) is 6.89. The van der Waals surface area contributed by atoms with Crippen molar-refractivity contribution in [3.05, 3.63) is 29.8 Å². The van der Waals surface area contributed by atoms with Crippen LogP contribution in [0.15, 0.2) is 24.3 Å². The largest absolute Gasteiger partial charge is 0.368 e. The Hall–Kier alpha value is -1.88. The Morgan fingerprint density at radius 2 is 1.95 bits per heavy atom. The van der Waals surface area contributed by atoms with Gasteiger partial charge in [0.05, 0.1) is 0 Å². The summed E-state index contributed by atoms with van der Waals surface area (Å²) in [5.74, 6) is -0.237. The smallest absolute Gasteiger partial charge is 0.253 e. The number of hydrogen-bond donors (Lipinski definition) is 2. The van der Waals surface area contributed by atoms with E-state index in [1.807, 2.05) is 13.8 Å². The number of nitrogens with one attached hydrogen (secondary N) is 2. The molecule has 0 bridgehead atoms. The number of rotatable bonds is 4. The minimum atomic E-state index is -0.348. The standard InChI is InChI=1S/C15H20N2O3/c1-10(2)16-14(18)11-5-7-12(8-6-11)17-15(19)13-4-3-9-20-13/h5-8,10,13H,3-4,9H2,1-2H3,(H,16,18)(H,17,19). The molecule has 1 aromatic rings. The molecule has 5 nitrogen and oxygen atoms in total. The van der Waals surface area contributed by atoms with Crippen LogP contribution in [-0.2, 0) is 9.53 Å². The molecule has 1 aromatic carbocycles. The zero-order valence-corrected chi connectivity index (χ0v) is 11.8. The number of hydrogen-bond acceptors (Lipinski definition) is 3. The maximum atomic E-state index is 11.9. The number of anilines is 1. The molecule has 2 rings (SSSR count). The average Bonchev–Trinajstić information content (AvgIpc) is 2.92. The third-order valence-corrected chi connectivity index (χ3v) is 3.06. The summed E-state index contributed by atoms with van der Waals surface area (Å²) in [4.78, 5) is 23.6. The fourth-order valence-corrected chi connectivity index (χ4v) is 2.06. The van der Waals surface area contributed by atoms with Crippen molar-refractivity contribution in [3.8, 4) is 0 Å². The average molecular weight is 276 g/mol. The second-order valence-corrected chi connectivity index (χ2v) is 5.20. The van der Waals surface area contributed by atoms with Gasteiger partial charge in [-0.3, -0.25) is 9.59 Å². The SMILES string of the molecule is CC(C)NC(=O)c1ccc(NC(=O)C2CCCO2)cc1. The van der Waals surface area contributed by atoms with Gasteiger partial charge in [-0.25, -0.2) is 0 Å². The molecule has 0 spiro atoms. The van der Waals surface area contributed by atoms with Crippen molar-refractivity contribution < 1.29 is 14.3 Å². The Balaban J connectivity index is 1.94. The van der Waals surface area contributed by atoms with E-state index in [1.54, 1.807) is 24.3 Å². The lowest BCUT2D eigenvalue weighted by Crippen LogP contribution is -2.30. The Morgan fingerprint density at radius 1 is 1.25 bits per heavy atom. The highest BCUT2D eigenvalue weighted by Crippen LogP contribution is 2.15. The second-order valence-electron chi connectivity index (χ2n) is 5.20. The number of amides is 2.